The van der Waals surface area contributed by atoms with Gasteiger partial charge in [0.25, 0.3) is 0 Å². The summed E-state index contributed by atoms with van der Waals surface area (Å²) in [6.07, 6.45) is 4.69. The molecule has 0 amide bonds. The van der Waals surface area contributed by atoms with Gasteiger partial charge < -0.3 is 14.6 Å². The van der Waals surface area contributed by atoms with Crippen LogP contribution in [0, 0.1) is 0 Å². The predicted molar refractivity (Wildman–Crippen MR) is 73.4 cm³/mol. The molecule has 0 bridgehead atoms. The molecule has 0 unspecified atom stereocenters. The van der Waals surface area contributed by atoms with Crippen molar-refractivity contribution >= 4 is 5.97 Å². The van der Waals surface area contributed by atoms with E-state index in [4.69, 9.17) is 14.6 Å². The lowest BCUT2D eigenvalue weighted by atomic mass is 10.2. The molecule has 0 aromatic heterocycles. The molecule has 0 aliphatic rings. The van der Waals surface area contributed by atoms with E-state index in [0.717, 1.165) is 13.0 Å². The van der Waals surface area contributed by atoms with E-state index in [1.807, 2.05) is 0 Å². The van der Waals surface area contributed by atoms with E-state index < -0.39 is 5.97 Å². The molecule has 0 aliphatic heterocycles. The molecule has 0 atom stereocenters. The fraction of sp³-hybridized carbons (Fsp3) is 0.533. The van der Waals surface area contributed by atoms with Crippen LogP contribution in [-0.4, -0.2) is 30.9 Å². The Bertz CT molecular complexity index is 359. The first kappa shape index (κ1) is 15.5. The van der Waals surface area contributed by atoms with Gasteiger partial charge in [0.1, 0.15) is 12.4 Å². The number of aromatic hydroxyl groups is 1. The van der Waals surface area contributed by atoms with Gasteiger partial charge in [0, 0.05) is 6.61 Å². The number of benzene rings is 1. The minimum absolute atomic E-state index is 0.131. The summed E-state index contributed by atoms with van der Waals surface area (Å²) in [6, 6.07) is 5.98. The Morgan fingerprint density at radius 3 is 2.47 bits per heavy atom. The van der Waals surface area contributed by atoms with Crippen molar-refractivity contribution < 1.29 is 19.4 Å². The molecular weight excluding hydrogens is 244 g/mol. The summed E-state index contributed by atoms with van der Waals surface area (Å²) < 4.78 is 10.4. The average Bonchev–Trinajstić information content (AvgIpc) is 2.42. The maximum absolute atomic E-state index is 11.6. The van der Waals surface area contributed by atoms with Gasteiger partial charge in [0.2, 0.25) is 0 Å². The summed E-state index contributed by atoms with van der Waals surface area (Å²) in [5.74, 6) is -0.262. The maximum atomic E-state index is 11.6. The lowest BCUT2D eigenvalue weighted by Crippen LogP contribution is -2.11. The van der Waals surface area contributed by atoms with Gasteiger partial charge in [0.15, 0.2) is 0 Å². The number of carbonyl (C=O) groups is 1. The second-order valence-electron chi connectivity index (χ2n) is 4.36. The second-order valence-corrected chi connectivity index (χ2v) is 4.36. The number of phenols is 1. The molecule has 1 N–H and O–H groups in total. The van der Waals surface area contributed by atoms with Gasteiger partial charge >= 0.3 is 5.97 Å². The molecule has 0 saturated heterocycles. The Morgan fingerprint density at radius 1 is 1.05 bits per heavy atom. The number of hydrogen-bond acceptors (Lipinski definition) is 4. The van der Waals surface area contributed by atoms with Crippen molar-refractivity contribution in [3.8, 4) is 5.75 Å². The predicted octanol–water partition coefficient (Wildman–Crippen LogP) is 3.15. The third kappa shape index (κ3) is 6.82. The van der Waals surface area contributed by atoms with Gasteiger partial charge in [0.05, 0.1) is 12.2 Å². The molecule has 0 aliphatic carbocycles. The molecule has 0 radical (unpaired) electrons. The van der Waals surface area contributed by atoms with E-state index in [0.29, 0.717) is 12.2 Å². The van der Waals surface area contributed by atoms with Crippen molar-refractivity contribution in [1.82, 2.24) is 0 Å². The Labute approximate surface area is 114 Å². The van der Waals surface area contributed by atoms with Crippen molar-refractivity contribution in [3.63, 3.8) is 0 Å². The Kier molecular flexibility index (Phi) is 7.66. The minimum Gasteiger partial charge on any atom is -0.508 e. The summed E-state index contributed by atoms with van der Waals surface area (Å²) in [7, 11) is 0. The summed E-state index contributed by atoms with van der Waals surface area (Å²) >= 11 is 0. The second kappa shape index (κ2) is 9.39. The minimum atomic E-state index is -0.394. The van der Waals surface area contributed by atoms with Crippen LogP contribution in [0.1, 0.15) is 43.0 Å². The van der Waals surface area contributed by atoms with E-state index in [2.05, 4.69) is 6.92 Å². The van der Waals surface area contributed by atoms with Gasteiger partial charge in [-0.1, -0.05) is 26.2 Å². The topological polar surface area (TPSA) is 55.8 Å². The third-order valence-corrected chi connectivity index (χ3v) is 2.71. The van der Waals surface area contributed by atoms with Crippen molar-refractivity contribution in [1.29, 1.82) is 0 Å². The van der Waals surface area contributed by atoms with Crippen LogP contribution in [0.4, 0.5) is 0 Å². The lowest BCUT2D eigenvalue weighted by molar-refractivity contribution is 0.0312. The fourth-order valence-corrected chi connectivity index (χ4v) is 1.61. The van der Waals surface area contributed by atoms with Crippen LogP contribution in [0.5, 0.6) is 5.75 Å². The van der Waals surface area contributed by atoms with E-state index in [-0.39, 0.29) is 12.4 Å². The first-order valence-electron chi connectivity index (χ1n) is 6.78. The first-order chi connectivity index (χ1) is 9.24. The molecule has 1 aromatic carbocycles. The van der Waals surface area contributed by atoms with Crippen LogP contribution in [0.2, 0.25) is 0 Å². The molecule has 0 heterocycles. The molecule has 4 heteroatoms. The quantitative estimate of drug-likeness (QED) is 0.551. The molecule has 0 saturated carbocycles. The van der Waals surface area contributed by atoms with Crippen molar-refractivity contribution in [2.24, 2.45) is 0 Å². The van der Waals surface area contributed by atoms with Crippen molar-refractivity contribution in [2.75, 3.05) is 19.8 Å². The number of unbranched alkanes of at least 4 members (excludes halogenated alkanes) is 3. The van der Waals surface area contributed by atoms with E-state index in [1.165, 1.54) is 43.5 Å². The zero-order chi connectivity index (χ0) is 13.9. The van der Waals surface area contributed by atoms with Gasteiger partial charge in [-0.05, 0) is 30.7 Å². The molecule has 1 aromatic rings. The highest BCUT2D eigenvalue weighted by molar-refractivity contribution is 5.89. The number of esters is 1. The van der Waals surface area contributed by atoms with E-state index in [9.17, 15) is 4.79 Å². The van der Waals surface area contributed by atoms with Crippen LogP contribution in [0.25, 0.3) is 0 Å². The molecule has 0 spiro atoms. The zero-order valence-corrected chi connectivity index (χ0v) is 11.4. The lowest BCUT2D eigenvalue weighted by Gasteiger charge is -2.06. The van der Waals surface area contributed by atoms with Crippen LogP contribution in [-0.2, 0) is 9.47 Å². The first-order valence-corrected chi connectivity index (χ1v) is 6.78. The number of carbonyl (C=O) groups excluding carboxylic acids is 1. The fourth-order valence-electron chi connectivity index (χ4n) is 1.61. The zero-order valence-electron chi connectivity index (χ0n) is 11.4. The van der Waals surface area contributed by atoms with Crippen LogP contribution >= 0.6 is 0 Å². The van der Waals surface area contributed by atoms with Crippen LogP contribution in [0.3, 0.4) is 0 Å². The van der Waals surface area contributed by atoms with Crippen molar-refractivity contribution in [2.45, 2.75) is 32.6 Å². The number of hydrogen-bond donors (Lipinski definition) is 1. The number of ether oxygens (including phenoxy) is 2. The van der Waals surface area contributed by atoms with Gasteiger partial charge in [-0.2, -0.15) is 0 Å². The summed E-state index contributed by atoms with van der Waals surface area (Å²) in [6.45, 7) is 3.57. The highest BCUT2D eigenvalue weighted by Crippen LogP contribution is 2.10. The highest BCUT2D eigenvalue weighted by atomic mass is 16.6. The van der Waals surface area contributed by atoms with Crippen LogP contribution < -0.4 is 0 Å². The summed E-state index contributed by atoms with van der Waals surface area (Å²) in [5, 5.41) is 9.10. The molecule has 19 heavy (non-hydrogen) atoms. The monoisotopic (exact) mass is 266 g/mol. The molecular formula is C15H22O4. The van der Waals surface area contributed by atoms with Gasteiger partial charge in [-0.15, -0.1) is 0 Å². The summed E-state index contributed by atoms with van der Waals surface area (Å²) in [4.78, 5) is 11.6. The Hall–Kier alpha value is -1.55. The number of rotatable bonds is 9. The largest absolute Gasteiger partial charge is 0.508 e. The van der Waals surface area contributed by atoms with E-state index in [1.54, 1.807) is 0 Å². The molecule has 4 nitrogen and oxygen atoms in total. The maximum Gasteiger partial charge on any atom is 0.338 e. The number of phenolic OH excluding ortho intramolecular Hbond substituents is 1. The molecule has 106 valence electrons. The Morgan fingerprint density at radius 2 is 1.79 bits per heavy atom. The van der Waals surface area contributed by atoms with Crippen molar-refractivity contribution in [3.05, 3.63) is 29.8 Å². The van der Waals surface area contributed by atoms with Gasteiger partial charge in [-0.3, -0.25) is 0 Å². The highest BCUT2D eigenvalue weighted by Gasteiger charge is 2.06. The molecule has 1 rings (SSSR count). The smallest absolute Gasteiger partial charge is 0.338 e. The average molecular weight is 266 g/mol. The van der Waals surface area contributed by atoms with Crippen LogP contribution in [0.15, 0.2) is 24.3 Å². The molecule has 0 fully saturated rings. The standard InChI is InChI=1S/C15H22O4/c1-2-3-4-5-10-18-11-12-19-15(17)13-6-8-14(16)9-7-13/h6-9,16H,2-5,10-12H2,1H3. The Balaban J connectivity index is 2.06. The van der Waals surface area contributed by atoms with E-state index >= 15 is 0 Å². The SMILES string of the molecule is CCCCCCOCCOC(=O)c1ccc(O)cc1. The summed E-state index contributed by atoms with van der Waals surface area (Å²) in [5.41, 5.74) is 0.431. The van der Waals surface area contributed by atoms with Gasteiger partial charge in [-0.25, -0.2) is 4.79 Å². The third-order valence-electron chi connectivity index (χ3n) is 2.71. The normalized spacial score (nSPS) is 10.4.